The van der Waals surface area contributed by atoms with Gasteiger partial charge < -0.3 is 4.74 Å². The lowest BCUT2D eigenvalue weighted by atomic mass is 10.2. The van der Waals surface area contributed by atoms with Gasteiger partial charge in [-0.25, -0.2) is 4.39 Å². The van der Waals surface area contributed by atoms with E-state index in [4.69, 9.17) is 16.3 Å². The van der Waals surface area contributed by atoms with Crippen LogP contribution in [0.3, 0.4) is 0 Å². The van der Waals surface area contributed by atoms with Gasteiger partial charge in [-0.05, 0) is 53.2 Å². The van der Waals surface area contributed by atoms with Gasteiger partial charge in [0.2, 0.25) is 0 Å². The van der Waals surface area contributed by atoms with Gasteiger partial charge in [0.15, 0.2) is 0 Å². The van der Waals surface area contributed by atoms with E-state index in [1.54, 1.807) is 37.5 Å². The number of carbonyl (C=O) groups is 2. The average Bonchev–Trinajstić information content (AvgIpc) is 2.85. The summed E-state index contributed by atoms with van der Waals surface area (Å²) in [4.78, 5) is 26.1. The van der Waals surface area contributed by atoms with Crippen LogP contribution >= 0.6 is 23.4 Å². The van der Waals surface area contributed by atoms with E-state index in [9.17, 15) is 14.0 Å². The number of rotatable bonds is 4. The first kappa shape index (κ1) is 17.5. The van der Waals surface area contributed by atoms with Gasteiger partial charge in [-0.15, -0.1) is 0 Å². The number of thioether (sulfide) groups is 1. The molecule has 0 N–H and O–H groups in total. The Kier molecular flexibility index (Phi) is 5.11. The van der Waals surface area contributed by atoms with Crippen molar-refractivity contribution in [3.05, 3.63) is 69.3 Å². The molecule has 1 saturated heterocycles. The largest absolute Gasteiger partial charge is 0.497 e. The number of benzene rings is 2. The molecule has 2 aromatic carbocycles. The van der Waals surface area contributed by atoms with Crippen molar-refractivity contribution in [3.63, 3.8) is 0 Å². The van der Waals surface area contributed by atoms with Crippen LogP contribution in [0.15, 0.2) is 47.4 Å². The van der Waals surface area contributed by atoms with Crippen molar-refractivity contribution in [1.82, 2.24) is 4.90 Å². The maximum atomic E-state index is 13.1. The molecule has 1 aliphatic heterocycles. The van der Waals surface area contributed by atoms with E-state index in [1.807, 2.05) is 0 Å². The van der Waals surface area contributed by atoms with E-state index >= 15 is 0 Å². The van der Waals surface area contributed by atoms with Crippen molar-refractivity contribution in [3.8, 4) is 5.75 Å². The lowest BCUT2D eigenvalue weighted by molar-refractivity contribution is -0.123. The predicted octanol–water partition coefficient (Wildman–Crippen LogP) is 4.72. The lowest BCUT2D eigenvalue weighted by Crippen LogP contribution is -2.27. The van der Waals surface area contributed by atoms with Crippen LogP contribution in [0.1, 0.15) is 11.1 Å². The Hall–Kier alpha value is -2.31. The van der Waals surface area contributed by atoms with Crippen LogP contribution in [0.25, 0.3) is 6.08 Å². The summed E-state index contributed by atoms with van der Waals surface area (Å²) >= 11 is 6.84. The fourth-order valence-corrected chi connectivity index (χ4v) is 3.37. The smallest absolute Gasteiger partial charge is 0.293 e. The topological polar surface area (TPSA) is 46.6 Å². The van der Waals surface area contributed by atoms with E-state index in [2.05, 4.69) is 0 Å². The van der Waals surface area contributed by atoms with Crippen molar-refractivity contribution >= 4 is 40.6 Å². The quantitative estimate of drug-likeness (QED) is 0.723. The molecule has 1 heterocycles. The summed E-state index contributed by atoms with van der Waals surface area (Å²) in [5.41, 5.74) is 1.29. The second kappa shape index (κ2) is 7.29. The van der Waals surface area contributed by atoms with E-state index in [0.717, 1.165) is 28.3 Å². The number of nitrogens with zero attached hydrogens (tertiary/aromatic N) is 1. The lowest BCUT2D eigenvalue weighted by Gasteiger charge is -2.13. The first-order valence-corrected chi connectivity index (χ1v) is 8.51. The van der Waals surface area contributed by atoms with Gasteiger partial charge in [0, 0.05) is 5.02 Å². The van der Waals surface area contributed by atoms with E-state index in [1.165, 1.54) is 12.1 Å². The molecule has 7 heteroatoms. The molecule has 2 aromatic rings. The van der Waals surface area contributed by atoms with Crippen LogP contribution in [0.4, 0.5) is 9.18 Å². The summed E-state index contributed by atoms with van der Waals surface area (Å²) in [6.07, 6.45) is 1.65. The Labute approximate surface area is 153 Å². The van der Waals surface area contributed by atoms with Crippen LogP contribution in [0.5, 0.6) is 5.75 Å². The maximum absolute atomic E-state index is 13.1. The standard InChI is InChI=1S/C18H13ClFNO3S/c1-24-14-6-2-11(3-7-14)8-16-17(22)21(18(23)25-16)10-12-4-5-13(20)9-15(12)19/h2-9H,10H2,1H3/b16-8+. The number of methoxy groups -OCH3 is 1. The molecule has 0 aliphatic carbocycles. The summed E-state index contributed by atoms with van der Waals surface area (Å²) in [5, 5.41) is -0.205. The molecular weight excluding hydrogens is 365 g/mol. The Morgan fingerprint density at radius 2 is 1.92 bits per heavy atom. The Morgan fingerprint density at radius 1 is 1.20 bits per heavy atom. The van der Waals surface area contributed by atoms with Gasteiger partial charge in [-0.1, -0.05) is 29.8 Å². The minimum atomic E-state index is -0.470. The Morgan fingerprint density at radius 3 is 2.56 bits per heavy atom. The van der Waals surface area contributed by atoms with Gasteiger partial charge in [0.25, 0.3) is 11.1 Å². The fraction of sp³-hybridized carbons (Fsp3) is 0.111. The molecular formula is C18H13ClFNO3S. The molecule has 3 rings (SSSR count). The number of hydrogen-bond donors (Lipinski definition) is 0. The van der Waals surface area contributed by atoms with E-state index in [-0.39, 0.29) is 16.8 Å². The van der Waals surface area contributed by atoms with Crippen LogP contribution in [0.2, 0.25) is 5.02 Å². The molecule has 128 valence electrons. The first-order chi connectivity index (χ1) is 12.0. The summed E-state index contributed by atoms with van der Waals surface area (Å²) < 4.78 is 18.2. The van der Waals surface area contributed by atoms with Crippen molar-refractivity contribution in [1.29, 1.82) is 0 Å². The molecule has 0 aromatic heterocycles. The molecule has 25 heavy (non-hydrogen) atoms. The minimum Gasteiger partial charge on any atom is -0.497 e. The highest BCUT2D eigenvalue weighted by molar-refractivity contribution is 8.18. The zero-order valence-electron chi connectivity index (χ0n) is 13.2. The third-order valence-electron chi connectivity index (χ3n) is 3.63. The van der Waals surface area contributed by atoms with Crippen LogP contribution in [-0.4, -0.2) is 23.2 Å². The molecule has 4 nitrogen and oxygen atoms in total. The molecule has 1 aliphatic rings. The summed E-state index contributed by atoms with van der Waals surface area (Å²) in [7, 11) is 1.57. The molecule has 0 unspecified atom stereocenters. The number of halogens is 2. The first-order valence-electron chi connectivity index (χ1n) is 7.31. The fourth-order valence-electron chi connectivity index (χ4n) is 2.31. The van der Waals surface area contributed by atoms with Gasteiger partial charge in [-0.2, -0.15) is 0 Å². The summed E-state index contributed by atoms with van der Waals surface area (Å²) in [6.45, 7) is 0.00370. The second-order valence-corrected chi connectivity index (χ2v) is 6.68. The van der Waals surface area contributed by atoms with Crippen molar-refractivity contribution < 1.29 is 18.7 Å². The van der Waals surface area contributed by atoms with Gasteiger partial charge in [-0.3, -0.25) is 14.5 Å². The van der Waals surface area contributed by atoms with Crippen LogP contribution < -0.4 is 4.74 Å². The second-order valence-electron chi connectivity index (χ2n) is 5.28. The zero-order chi connectivity index (χ0) is 18.0. The van der Waals surface area contributed by atoms with Crippen molar-refractivity contribution in [2.45, 2.75) is 6.54 Å². The monoisotopic (exact) mass is 377 g/mol. The molecule has 2 amide bonds. The molecule has 0 saturated carbocycles. The van der Waals surface area contributed by atoms with Crippen molar-refractivity contribution in [2.24, 2.45) is 0 Å². The number of amides is 2. The number of hydrogen-bond acceptors (Lipinski definition) is 4. The zero-order valence-corrected chi connectivity index (χ0v) is 14.7. The molecule has 0 bridgehead atoms. The van der Waals surface area contributed by atoms with Gasteiger partial charge >= 0.3 is 0 Å². The highest BCUT2D eigenvalue weighted by atomic mass is 35.5. The highest BCUT2D eigenvalue weighted by Gasteiger charge is 2.35. The third-order valence-corrected chi connectivity index (χ3v) is 4.89. The third kappa shape index (κ3) is 3.86. The normalized spacial score (nSPS) is 16.0. The average molecular weight is 378 g/mol. The minimum absolute atomic E-state index is 0.00370. The SMILES string of the molecule is COc1ccc(/C=C2/SC(=O)N(Cc3ccc(F)cc3Cl)C2=O)cc1. The Balaban J connectivity index is 1.80. The number of carbonyl (C=O) groups excluding carboxylic acids is 2. The van der Waals surface area contributed by atoms with Gasteiger partial charge in [0.05, 0.1) is 18.6 Å². The number of ether oxygens (including phenoxy) is 1. The maximum Gasteiger partial charge on any atom is 0.293 e. The molecule has 0 spiro atoms. The van der Waals surface area contributed by atoms with Crippen LogP contribution in [-0.2, 0) is 11.3 Å². The molecule has 0 radical (unpaired) electrons. The number of imide groups is 1. The highest BCUT2D eigenvalue weighted by Crippen LogP contribution is 2.34. The summed E-state index contributed by atoms with van der Waals surface area (Å²) in [5.74, 6) is -0.162. The van der Waals surface area contributed by atoms with E-state index in [0.29, 0.717) is 16.2 Å². The Bertz CT molecular complexity index is 867. The van der Waals surface area contributed by atoms with E-state index < -0.39 is 11.7 Å². The molecule has 0 atom stereocenters. The van der Waals surface area contributed by atoms with Crippen LogP contribution in [0, 0.1) is 5.82 Å². The van der Waals surface area contributed by atoms with Gasteiger partial charge in [0.1, 0.15) is 11.6 Å². The summed E-state index contributed by atoms with van der Waals surface area (Å²) in [6, 6.07) is 11.0. The predicted molar refractivity (Wildman–Crippen MR) is 95.9 cm³/mol. The molecule has 1 fully saturated rings. The van der Waals surface area contributed by atoms with Crippen molar-refractivity contribution in [2.75, 3.05) is 7.11 Å².